The maximum absolute atomic E-state index is 11.9. The van der Waals surface area contributed by atoms with Gasteiger partial charge in [0.15, 0.2) is 5.75 Å². The van der Waals surface area contributed by atoms with E-state index in [-0.39, 0.29) is 24.4 Å². The van der Waals surface area contributed by atoms with Gasteiger partial charge in [0.05, 0.1) is 22.9 Å². The standard InChI is InChI=1S/C14H21ClN2O2.ClH/c1-4-6-11(16)14(18)17-12-8-5-7-10(15)13(12)19-9(2)3;/h5,7-9,11H,4,6,16H2,1-3H3,(H,17,18);1H. The molecular weight excluding hydrogens is 299 g/mol. The van der Waals surface area contributed by atoms with E-state index in [0.717, 1.165) is 6.42 Å². The molecule has 1 aromatic rings. The average Bonchev–Trinajstić information content (AvgIpc) is 2.33. The molecule has 0 radical (unpaired) electrons. The lowest BCUT2D eigenvalue weighted by Gasteiger charge is -2.17. The van der Waals surface area contributed by atoms with Gasteiger partial charge in [-0.1, -0.05) is 31.0 Å². The highest BCUT2D eigenvalue weighted by atomic mass is 35.5. The van der Waals surface area contributed by atoms with Crippen LogP contribution in [0.4, 0.5) is 5.69 Å². The van der Waals surface area contributed by atoms with Crippen molar-refractivity contribution in [2.24, 2.45) is 5.73 Å². The molecule has 0 aliphatic rings. The van der Waals surface area contributed by atoms with Gasteiger partial charge < -0.3 is 15.8 Å². The monoisotopic (exact) mass is 320 g/mol. The second-order valence-electron chi connectivity index (χ2n) is 4.67. The highest BCUT2D eigenvalue weighted by Gasteiger charge is 2.16. The Labute approximate surface area is 131 Å². The number of ether oxygens (including phenoxy) is 1. The molecule has 114 valence electrons. The first-order valence-corrected chi connectivity index (χ1v) is 6.85. The van der Waals surface area contributed by atoms with E-state index in [1.54, 1.807) is 18.2 Å². The summed E-state index contributed by atoms with van der Waals surface area (Å²) in [4.78, 5) is 11.9. The minimum atomic E-state index is -0.518. The first kappa shape index (κ1) is 19.0. The predicted octanol–water partition coefficient (Wildman–Crippen LogP) is 3.61. The Morgan fingerprint density at radius 3 is 2.65 bits per heavy atom. The summed E-state index contributed by atoms with van der Waals surface area (Å²) < 4.78 is 5.63. The molecule has 0 saturated carbocycles. The summed E-state index contributed by atoms with van der Waals surface area (Å²) >= 11 is 6.09. The molecule has 0 aliphatic heterocycles. The van der Waals surface area contributed by atoms with E-state index in [1.807, 2.05) is 20.8 Å². The number of hydrogen-bond donors (Lipinski definition) is 2. The van der Waals surface area contributed by atoms with E-state index in [1.165, 1.54) is 0 Å². The Bertz CT molecular complexity index is 439. The third-order valence-corrected chi connectivity index (χ3v) is 2.81. The molecule has 1 rings (SSSR count). The van der Waals surface area contributed by atoms with E-state index >= 15 is 0 Å². The van der Waals surface area contributed by atoms with Crippen LogP contribution >= 0.6 is 24.0 Å². The summed E-state index contributed by atoms with van der Waals surface area (Å²) in [7, 11) is 0. The van der Waals surface area contributed by atoms with Crippen molar-refractivity contribution in [2.75, 3.05) is 5.32 Å². The van der Waals surface area contributed by atoms with Gasteiger partial charge >= 0.3 is 0 Å². The molecule has 3 N–H and O–H groups in total. The molecule has 0 heterocycles. The van der Waals surface area contributed by atoms with Crippen molar-refractivity contribution < 1.29 is 9.53 Å². The quantitative estimate of drug-likeness (QED) is 0.841. The lowest BCUT2D eigenvalue weighted by atomic mass is 10.1. The van der Waals surface area contributed by atoms with Crippen LogP contribution in [0.5, 0.6) is 5.75 Å². The molecule has 4 nitrogen and oxygen atoms in total. The third-order valence-electron chi connectivity index (χ3n) is 2.51. The molecule has 0 saturated heterocycles. The maximum atomic E-state index is 11.9. The van der Waals surface area contributed by atoms with Crippen LogP contribution in [0.15, 0.2) is 18.2 Å². The zero-order chi connectivity index (χ0) is 14.4. The van der Waals surface area contributed by atoms with Crippen LogP contribution in [0.2, 0.25) is 5.02 Å². The van der Waals surface area contributed by atoms with Crippen molar-refractivity contribution in [3.05, 3.63) is 23.2 Å². The topological polar surface area (TPSA) is 64.4 Å². The summed E-state index contributed by atoms with van der Waals surface area (Å²) in [6.07, 6.45) is 1.48. The molecule has 6 heteroatoms. The van der Waals surface area contributed by atoms with E-state index in [0.29, 0.717) is 22.9 Å². The highest BCUT2D eigenvalue weighted by molar-refractivity contribution is 6.32. The fourth-order valence-corrected chi connectivity index (χ4v) is 1.85. The van der Waals surface area contributed by atoms with Crippen molar-refractivity contribution >= 4 is 35.6 Å². The summed E-state index contributed by atoms with van der Waals surface area (Å²) in [6, 6.07) is 4.72. The molecule has 1 unspecified atom stereocenters. The summed E-state index contributed by atoms with van der Waals surface area (Å²) in [5.74, 6) is 0.258. The van der Waals surface area contributed by atoms with Crippen molar-refractivity contribution in [2.45, 2.75) is 45.8 Å². The lowest BCUT2D eigenvalue weighted by Crippen LogP contribution is -2.35. The van der Waals surface area contributed by atoms with Crippen molar-refractivity contribution in [1.29, 1.82) is 0 Å². The summed E-state index contributed by atoms with van der Waals surface area (Å²) in [6.45, 7) is 5.79. The minimum Gasteiger partial charge on any atom is -0.487 e. The lowest BCUT2D eigenvalue weighted by molar-refractivity contribution is -0.117. The Morgan fingerprint density at radius 2 is 2.10 bits per heavy atom. The molecule has 0 bridgehead atoms. The Hall–Kier alpha value is -0.970. The molecule has 0 aromatic heterocycles. The molecule has 1 amide bonds. The van der Waals surface area contributed by atoms with Gasteiger partial charge in [0.1, 0.15) is 0 Å². The van der Waals surface area contributed by atoms with Gasteiger partial charge in [-0.05, 0) is 32.4 Å². The molecule has 0 fully saturated rings. The van der Waals surface area contributed by atoms with E-state index in [9.17, 15) is 4.79 Å². The number of benzene rings is 1. The number of nitrogens with one attached hydrogen (secondary N) is 1. The highest BCUT2D eigenvalue weighted by Crippen LogP contribution is 2.33. The SMILES string of the molecule is CCCC(N)C(=O)Nc1cccc(Cl)c1OC(C)C.Cl. The zero-order valence-corrected chi connectivity index (χ0v) is 13.6. The molecule has 0 spiro atoms. The van der Waals surface area contributed by atoms with Crippen molar-refractivity contribution in [3.8, 4) is 5.75 Å². The number of hydrogen-bond acceptors (Lipinski definition) is 3. The van der Waals surface area contributed by atoms with Crippen LogP contribution in [0, 0.1) is 0 Å². The average molecular weight is 321 g/mol. The van der Waals surface area contributed by atoms with Crippen LogP contribution in [0.25, 0.3) is 0 Å². The Balaban J connectivity index is 0.00000361. The summed E-state index contributed by atoms with van der Waals surface area (Å²) in [5, 5.41) is 3.24. The number of carbonyl (C=O) groups excluding carboxylic acids is 1. The van der Waals surface area contributed by atoms with Crippen molar-refractivity contribution in [3.63, 3.8) is 0 Å². The Morgan fingerprint density at radius 1 is 1.45 bits per heavy atom. The predicted molar refractivity (Wildman–Crippen MR) is 86.0 cm³/mol. The molecule has 0 aliphatic carbocycles. The number of para-hydroxylation sites is 1. The first-order chi connectivity index (χ1) is 8.95. The van der Waals surface area contributed by atoms with Gasteiger partial charge in [-0.25, -0.2) is 0 Å². The van der Waals surface area contributed by atoms with Gasteiger partial charge in [0.25, 0.3) is 0 Å². The van der Waals surface area contributed by atoms with Gasteiger partial charge in [-0.2, -0.15) is 0 Å². The van der Waals surface area contributed by atoms with E-state index in [4.69, 9.17) is 22.1 Å². The van der Waals surface area contributed by atoms with Crippen molar-refractivity contribution in [1.82, 2.24) is 0 Å². The Kier molecular flexibility index (Phi) is 8.62. The van der Waals surface area contributed by atoms with Gasteiger partial charge in [-0.15, -0.1) is 12.4 Å². The number of halogens is 2. The number of carbonyl (C=O) groups is 1. The molecular formula is C14H22Cl2N2O2. The smallest absolute Gasteiger partial charge is 0.241 e. The van der Waals surface area contributed by atoms with Gasteiger partial charge in [-0.3, -0.25) is 4.79 Å². The van der Waals surface area contributed by atoms with Gasteiger partial charge in [0, 0.05) is 0 Å². The minimum absolute atomic E-state index is 0. The zero-order valence-electron chi connectivity index (χ0n) is 12.0. The van der Waals surface area contributed by atoms with E-state index < -0.39 is 6.04 Å². The second kappa shape index (κ2) is 9.06. The largest absolute Gasteiger partial charge is 0.487 e. The van der Waals surface area contributed by atoms with Gasteiger partial charge in [0.2, 0.25) is 5.91 Å². The maximum Gasteiger partial charge on any atom is 0.241 e. The second-order valence-corrected chi connectivity index (χ2v) is 5.07. The normalized spacial score (nSPS) is 11.7. The van der Waals surface area contributed by atoms with Crippen LogP contribution in [-0.4, -0.2) is 18.1 Å². The fourth-order valence-electron chi connectivity index (χ4n) is 1.63. The molecule has 20 heavy (non-hydrogen) atoms. The third kappa shape index (κ3) is 5.57. The van der Waals surface area contributed by atoms with Crippen LogP contribution in [-0.2, 0) is 4.79 Å². The van der Waals surface area contributed by atoms with Crippen LogP contribution < -0.4 is 15.8 Å². The summed E-state index contributed by atoms with van der Waals surface area (Å²) in [5.41, 5.74) is 6.33. The fraction of sp³-hybridized carbons (Fsp3) is 0.500. The molecule has 1 aromatic carbocycles. The molecule has 1 atom stereocenters. The number of nitrogens with two attached hydrogens (primary N) is 1. The van der Waals surface area contributed by atoms with E-state index in [2.05, 4.69) is 5.32 Å². The van der Waals surface area contributed by atoms with Crippen LogP contribution in [0.3, 0.4) is 0 Å². The number of rotatable bonds is 6. The van der Waals surface area contributed by atoms with Crippen LogP contribution in [0.1, 0.15) is 33.6 Å². The first-order valence-electron chi connectivity index (χ1n) is 6.47. The number of anilines is 1. The number of amides is 1.